The van der Waals surface area contributed by atoms with E-state index in [4.69, 9.17) is 0 Å². The molecule has 19 heavy (non-hydrogen) atoms. The molecule has 0 fully saturated rings. The van der Waals surface area contributed by atoms with E-state index in [0.29, 0.717) is 11.4 Å². The number of nitrogens with one attached hydrogen (secondary N) is 1. The molecule has 1 N–H and O–H groups in total. The van der Waals surface area contributed by atoms with Crippen molar-refractivity contribution in [1.29, 1.82) is 0 Å². The molecule has 0 aliphatic carbocycles. The number of aromatic nitrogens is 1. The first-order valence-electron chi connectivity index (χ1n) is 6.65. The second kappa shape index (κ2) is 7.68. The van der Waals surface area contributed by atoms with Crippen molar-refractivity contribution in [3.05, 3.63) is 27.9 Å². The summed E-state index contributed by atoms with van der Waals surface area (Å²) in [7, 11) is 0. The van der Waals surface area contributed by atoms with E-state index in [0.717, 1.165) is 32.6 Å². The summed E-state index contributed by atoms with van der Waals surface area (Å²) >= 11 is 0. The van der Waals surface area contributed by atoms with Gasteiger partial charge in [-0.3, -0.25) is 10.1 Å². The smallest absolute Gasteiger partial charge is 0.290 e. The van der Waals surface area contributed by atoms with Crippen molar-refractivity contribution >= 4 is 11.5 Å². The van der Waals surface area contributed by atoms with Crippen molar-refractivity contribution in [2.45, 2.75) is 27.2 Å². The highest BCUT2D eigenvalue weighted by molar-refractivity contribution is 5.46. The van der Waals surface area contributed by atoms with Gasteiger partial charge in [0.1, 0.15) is 12.0 Å². The molecule has 1 aromatic heterocycles. The van der Waals surface area contributed by atoms with Crippen molar-refractivity contribution in [3.63, 3.8) is 0 Å². The van der Waals surface area contributed by atoms with Crippen LogP contribution in [0.3, 0.4) is 0 Å². The number of hydrogen-bond acceptors (Lipinski definition) is 5. The van der Waals surface area contributed by atoms with Crippen molar-refractivity contribution in [3.8, 4) is 0 Å². The number of nitro groups is 1. The maximum Gasteiger partial charge on any atom is 0.290 e. The molecule has 1 rings (SSSR count). The van der Waals surface area contributed by atoms with Gasteiger partial charge in [-0.2, -0.15) is 0 Å². The predicted molar refractivity (Wildman–Crippen MR) is 76.5 cm³/mol. The molecule has 106 valence electrons. The van der Waals surface area contributed by atoms with Crippen LogP contribution in [0.2, 0.25) is 0 Å². The lowest BCUT2D eigenvalue weighted by Crippen LogP contribution is -2.29. The summed E-state index contributed by atoms with van der Waals surface area (Å²) in [6.45, 7) is 9.88. The fourth-order valence-electron chi connectivity index (χ4n) is 1.92. The highest BCUT2D eigenvalue weighted by Crippen LogP contribution is 2.18. The number of rotatable bonds is 8. The lowest BCUT2D eigenvalue weighted by Gasteiger charge is -2.19. The maximum atomic E-state index is 10.7. The third-order valence-electron chi connectivity index (χ3n) is 3.00. The average molecular weight is 266 g/mol. The lowest BCUT2D eigenvalue weighted by molar-refractivity contribution is -0.385. The monoisotopic (exact) mass is 266 g/mol. The fraction of sp³-hybridized carbons (Fsp3) is 0.615. The van der Waals surface area contributed by atoms with Crippen LogP contribution in [0.25, 0.3) is 0 Å². The number of likely N-dealkylation sites (N-methyl/N-ethyl adjacent to an activating group) is 1. The SMILES string of the molecule is CCCN(CC)CCNc1cc(C)c([N+](=O)[O-])cn1. The molecule has 0 saturated carbocycles. The Bertz CT molecular complexity index is 423. The van der Waals surface area contributed by atoms with Crippen molar-refractivity contribution < 1.29 is 4.92 Å². The standard InChI is InChI=1S/C13H22N4O2/c1-4-7-16(5-2)8-6-14-13-9-11(3)12(10-15-13)17(18)19/h9-10H,4-8H2,1-3H3,(H,14,15). The summed E-state index contributed by atoms with van der Waals surface area (Å²) in [4.78, 5) is 16.7. The van der Waals surface area contributed by atoms with Gasteiger partial charge < -0.3 is 10.2 Å². The molecule has 0 atom stereocenters. The van der Waals surface area contributed by atoms with Crippen LogP contribution in [0.5, 0.6) is 0 Å². The van der Waals surface area contributed by atoms with Gasteiger partial charge in [-0.25, -0.2) is 4.98 Å². The number of nitrogens with zero attached hydrogens (tertiary/aromatic N) is 3. The highest BCUT2D eigenvalue weighted by Gasteiger charge is 2.11. The quantitative estimate of drug-likeness (QED) is 0.578. The summed E-state index contributed by atoms with van der Waals surface area (Å²) in [5, 5.41) is 13.9. The molecule has 0 aliphatic rings. The Labute approximate surface area is 114 Å². The van der Waals surface area contributed by atoms with E-state index in [2.05, 4.69) is 29.0 Å². The van der Waals surface area contributed by atoms with Gasteiger partial charge in [-0.05, 0) is 32.5 Å². The first-order valence-corrected chi connectivity index (χ1v) is 6.65. The zero-order valence-corrected chi connectivity index (χ0v) is 11.8. The molecule has 0 aliphatic heterocycles. The molecule has 0 bridgehead atoms. The largest absolute Gasteiger partial charge is 0.369 e. The fourth-order valence-corrected chi connectivity index (χ4v) is 1.92. The number of aryl methyl sites for hydroxylation is 1. The Morgan fingerprint density at radius 2 is 2.16 bits per heavy atom. The minimum absolute atomic E-state index is 0.0618. The molecule has 0 radical (unpaired) electrons. The second-order valence-corrected chi connectivity index (χ2v) is 4.47. The molecule has 6 nitrogen and oxygen atoms in total. The summed E-state index contributed by atoms with van der Waals surface area (Å²) in [6, 6.07) is 1.72. The number of pyridine rings is 1. The van der Waals surface area contributed by atoms with Crippen LogP contribution >= 0.6 is 0 Å². The first kappa shape index (κ1) is 15.4. The van der Waals surface area contributed by atoms with Crippen LogP contribution in [0.1, 0.15) is 25.8 Å². The van der Waals surface area contributed by atoms with Crippen LogP contribution in [0, 0.1) is 17.0 Å². The van der Waals surface area contributed by atoms with Gasteiger partial charge in [0, 0.05) is 18.7 Å². The summed E-state index contributed by atoms with van der Waals surface area (Å²) < 4.78 is 0. The highest BCUT2D eigenvalue weighted by atomic mass is 16.6. The van der Waals surface area contributed by atoms with Gasteiger partial charge in [0.25, 0.3) is 5.69 Å². The molecule has 0 aromatic carbocycles. The molecule has 1 heterocycles. The van der Waals surface area contributed by atoms with Crippen LogP contribution in [-0.4, -0.2) is 41.0 Å². The number of hydrogen-bond donors (Lipinski definition) is 1. The van der Waals surface area contributed by atoms with Gasteiger partial charge in [-0.15, -0.1) is 0 Å². The molecule has 0 unspecified atom stereocenters. The summed E-state index contributed by atoms with van der Waals surface area (Å²) in [6.07, 6.45) is 2.45. The second-order valence-electron chi connectivity index (χ2n) is 4.47. The Balaban J connectivity index is 2.50. The van der Waals surface area contributed by atoms with E-state index in [-0.39, 0.29) is 5.69 Å². The average Bonchev–Trinajstić information content (AvgIpc) is 2.37. The maximum absolute atomic E-state index is 10.7. The van der Waals surface area contributed by atoms with Crippen molar-refractivity contribution in [2.24, 2.45) is 0 Å². The van der Waals surface area contributed by atoms with E-state index in [1.807, 2.05) is 0 Å². The van der Waals surface area contributed by atoms with Crippen molar-refractivity contribution in [1.82, 2.24) is 9.88 Å². The van der Waals surface area contributed by atoms with Crippen LogP contribution in [0.4, 0.5) is 11.5 Å². The van der Waals surface area contributed by atoms with E-state index < -0.39 is 4.92 Å². The predicted octanol–water partition coefficient (Wildman–Crippen LogP) is 2.44. The Morgan fingerprint density at radius 3 is 2.68 bits per heavy atom. The van der Waals surface area contributed by atoms with E-state index in [9.17, 15) is 10.1 Å². The number of anilines is 1. The molecule has 0 saturated heterocycles. The molecule has 0 amide bonds. The minimum atomic E-state index is -0.411. The van der Waals surface area contributed by atoms with E-state index >= 15 is 0 Å². The first-order chi connectivity index (χ1) is 9.08. The van der Waals surface area contributed by atoms with Gasteiger partial charge in [-0.1, -0.05) is 13.8 Å². The third-order valence-corrected chi connectivity index (χ3v) is 3.00. The summed E-state index contributed by atoms with van der Waals surface area (Å²) in [5.41, 5.74) is 0.690. The zero-order chi connectivity index (χ0) is 14.3. The minimum Gasteiger partial charge on any atom is -0.369 e. The molecule has 6 heteroatoms. The molecule has 1 aromatic rings. The van der Waals surface area contributed by atoms with Gasteiger partial charge in [0.2, 0.25) is 0 Å². The zero-order valence-electron chi connectivity index (χ0n) is 11.8. The van der Waals surface area contributed by atoms with Crippen LogP contribution in [-0.2, 0) is 0 Å². The normalized spacial score (nSPS) is 10.7. The Kier molecular flexibility index (Phi) is 6.21. The molecular formula is C13H22N4O2. The van der Waals surface area contributed by atoms with E-state index in [1.165, 1.54) is 6.20 Å². The third kappa shape index (κ3) is 4.82. The van der Waals surface area contributed by atoms with Gasteiger partial charge >= 0.3 is 0 Å². The molecular weight excluding hydrogens is 244 g/mol. The van der Waals surface area contributed by atoms with Crippen molar-refractivity contribution in [2.75, 3.05) is 31.5 Å². The lowest BCUT2D eigenvalue weighted by atomic mass is 10.2. The Morgan fingerprint density at radius 1 is 1.42 bits per heavy atom. The van der Waals surface area contributed by atoms with E-state index in [1.54, 1.807) is 13.0 Å². The van der Waals surface area contributed by atoms with Gasteiger partial charge in [0.15, 0.2) is 0 Å². The van der Waals surface area contributed by atoms with Gasteiger partial charge in [0.05, 0.1) is 4.92 Å². The van der Waals surface area contributed by atoms with Crippen LogP contribution < -0.4 is 5.32 Å². The Hall–Kier alpha value is -1.69. The molecule has 0 spiro atoms. The van der Waals surface area contributed by atoms with Crippen LogP contribution in [0.15, 0.2) is 12.3 Å². The summed E-state index contributed by atoms with van der Waals surface area (Å²) in [5.74, 6) is 0.690. The topological polar surface area (TPSA) is 71.3 Å².